The van der Waals surface area contributed by atoms with Gasteiger partial charge in [-0.2, -0.15) is 0 Å². The maximum atomic E-state index is 2.47. The van der Waals surface area contributed by atoms with Gasteiger partial charge in [0.2, 0.25) is 0 Å². The van der Waals surface area contributed by atoms with Crippen LogP contribution < -0.4 is 10.6 Å². The Kier molecular flexibility index (Phi) is 4.80. The fourth-order valence-electron chi connectivity index (χ4n) is 1.71. The van der Waals surface area contributed by atoms with Crippen molar-refractivity contribution < 1.29 is 0 Å². The molecule has 0 amide bonds. The average Bonchev–Trinajstić information content (AvgIpc) is 2.38. The lowest BCUT2D eigenvalue weighted by molar-refractivity contribution is 1.58. The summed E-state index contributed by atoms with van der Waals surface area (Å²) in [7, 11) is -0.158. The van der Waals surface area contributed by atoms with Crippen LogP contribution in [0.5, 0.6) is 0 Å². The van der Waals surface area contributed by atoms with Gasteiger partial charge in [0.25, 0.3) is 0 Å². The molecule has 2 rings (SSSR count). The monoisotopic (exact) mass is 340 g/mol. The third kappa shape index (κ3) is 3.05. The standard InChI is InChI=1S/C14H14IP/c15-11-12-16(13-7-3-1-4-8-13)14-9-5-2-6-10-14/h1-10H,11-12H2. The summed E-state index contributed by atoms with van der Waals surface area (Å²) >= 11 is 2.47. The van der Waals surface area contributed by atoms with Crippen molar-refractivity contribution in [1.82, 2.24) is 0 Å². The van der Waals surface area contributed by atoms with E-state index >= 15 is 0 Å². The molecule has 82 valence electrons. The molecule has 2 aromatic carbocycles. The average molecular weight is 340 g/mol. The molecular formula is C14H14IP. The van der Waals surface area contributed by atoms with E-state index in [0.717, 1.165) is 0 Å². The fraction of sp³-hybridized carbons (Fsp3) is 0.143. The van der Waals surface area contributed by atoms with Crippen LogP contribution in [0.1, 0.15) is 0 Å². The molecular weight excluding hydrogens is 326 g/mol. The topological polar surface area (TPSA) is 0 Å². The molecule has 16 heavy (non-hydrogen) atoms. The van der Waals surface area contributed by atoms with Gasteiger partial charge in [-0.3, -0.25) is 0 Å². The summed E-state index contributed by atoms with van der Waals surface area (Å²) in [5.74, 6) is 0. The van der Waals surface area contributed by atoms with Crippen LogP contribution in [0, 0.1) is 0 Å². The predicted octanol–water partition coefficient (Wildman–Crippen LogP) is 3.55. The van der Waals surface area contributed by atoms with E-state index in [1.54, 1.807) is 0 Å². The molecule has 0 nitrogen and oxygen atoms in total. The smallest absolute Gasteiger partial charge is 0.00407 e. The van der Waals surface area contributed by atoms with Gasteiger partial charge in [0.1, 0.15) is 0 Å². The third-order valence-electron chi connectivity index (χ3n) is 2.44. The first kappa shape index (κ1) is 12.1. The number of halogens is 1. The molecule has 0 unspecified atom stereocenters. The minimum atomic E-state index is -0.158. The molecule has 0 aliphatic rings. The number of benzene rings is 2. The Morgan fingerprint density at radius 2 is 1.19 bits per heavy atom. The van der Waals surface area contributed by atoms with E-state index in [-0.39, 0.29) is 7.92 Å². The summed E-state index contributed by atoms with van der Waals surface area (Å²) in [5.41, 5.74) is 0. The zero-order valence-corrected chi connectivity index (χ0v) is 12.1. The van der Waals surface area contributed by atoms with Gasteiger partial charge < -0.3 is 0 Å². The molecule has 0 bridgehead atoms. The molecule has 0 aromatic heterocycles. The molecule has 0 heterocycles. The summed E-state index contributed by atoms with van der Waals surface area (Å²) in [5, 5.41) is 2.97. The molecule has 2 aromatic rings. The largest absolute Gasteiger partial charge is 0.0860 e. The molecule has 0 atom stereocenters. The lowest BCUT2D eigenvalue weighted by Crippen LogP contribution is -2.14. The number of alkyl halides is 1. The van der Waals surface area contributed by atoms with Crippen LogP contribution in [0.3, 0.4) is 0 Å². The van der Waals surface area contributed by atoms with Gasteiger partial charge in [0.05, 0.1) is 0 Å². The van der Waals surface area contributed by atoms with E-state index in [1.807, 2.05) is 0 Å². The Balaban J connectivity index is 2.31. The first-order valence-corrected chi connectivity index (χ1v) is 8.40. The van der Waals surface area contributed by atoms with E-state index in [2.05, 4.69) is 83.3 Å². The quantitative estimate of drug-likeness (QED) is 0.454. The summed E-state index contributed by atoms with van der Waals surface area (Å²) in [6.45, 7) is 0. The van der Waals surface area contributed by atoms with Crippen molar-refractivity contribution in [3.63, 3.8) is 0 Å². The first-order chi connectivity index (χ1) is 7.92. The van der Waals surface area contributed by atoms with Crippen LogP contribution in [0.4, 0.5) is 0 Å². The number of rotatable bonds is 4. The Morgan fingerprint density at radius 3 is 1.56 bits per heavy atom. The van der Waals surface area contributed by atoms with E-state index in [9.17, 15) is 0 Å². The van der Waals surface area contributed by atoms with Gasteiger partial charge in [-0.15, -0.1) is 0 Å². The molecule has 0 fully saturated rings. The molecule has 0 saturated carbocycles. The van der Waals surface area contributed by atoms with Crippen LogP contribution in [0.2, 0.25) is 0 Å². The zero-order chi connectivity index (χ0) is 11.2. The van der Waals surface area contributed by atoms with Crippen LogP contribution in [-0.4, -0.2) is 10.6 Å². The van der Waals surface area contributed by atoms with Gasteiger partial charge >= 0.3 is 0 Å². The van der Waals surface area contributed by atoms with E-state index in [1.165, 1.54) is 21.2 Å². The maximum absolute atomic E-state index is 2.47. The summed E-state index contributed by atoms with van der Waals surface area (Å²) in [4.78, 5) is 0. The van der Waals surface area contributed by atoms with Gasteiger partial charge in [-0.1, -0.05) is 83.3 Å². The van der Waals surface area contributed by atoms with Gasteiger partial charge in [0.15, 0.2) is 0 Å². The van der Waals surface area contributed by atoms with E-state index < -0.39 is 0 Å². The predicted molar refractivity (Wildman–Crippen MR) is 82.8 cm³/mol. The van der Waals surface area contributed by atoms with Crippen molar-refractivity contribution in [2.24, 2.45) is 0 Å². The molecule has 0 radical (unpaired) electrons. The van der Waals surface area contributed by atoms with E-state index in [0.29, 0.717) is 0 Å². The first-order valence-electron chi connectivity index (χ1n) is 5.35. The highest BCUT2D eigenvalue weighted by molar-refractivity contribution is 14.1. The molecule has 0 spiro atoms. The molecule has 0 N–H and O–H groups in total. The SMILES string of the molecule is ICCP(c1ccccc1)c1ccccc1. The number of hydrogen-bond acceptors (Lipinski definition) is 0. The van der Waals surface area contributed by atoms with Gasteiger partial charge in [0, 0.05) is 4.43 Å². The summed E-state index contributed by atoms with van der Waals surface area (Å²) in [6.07, 6.45) is 1.27. The second-order valence-electron chi connectivity index (χ2n) is 3.51. The lowest BCUT2D eigenvalue weighted by Gasteiger charge is -2.17. The number of hydrogen-bond donors (Lipinski definition) is 0. The van der Waals surface area contributed by atoms with Crippen molar-refractivity contribution in [2.45, 2.75) is 0 Å². The second-order valence-corrected chi connectivity index (χ2v) is 6.93. The highest BCUT2D eigenvalue weighted by atomic mass is 127. The highest BCUT2D eigenvalue weighted by Crippen LogP contribution is 2.33. The summed E-state index contributed by atoms with van der Waals surface area (Å²) < 4.78 is 1.22. The van der Waals surface area contributed by atoms with Crippen molar-refractivity contribution >= 4 is 41.1 Å². The summed E-state index contributed by atoms with van der Waals surface area (Å²) in [6, 6.07) is 21.8. The van der Waals surface area contributed by atoms with Crippen LogP contribution in [0.15, 0.2) is 60.7 Å². The highest BCUT2D eigenvalue weighted by Gasteiger charge is 2.11. The Hall–Kier alpha value is -0.400. The maximum Gasteiger partial charge on any atom is 0.00407 e. The molecule has 2 heteroatoms. The second kappa shape index (κ2) is 6.36. The van der Waals surface area contributed by atoms with Gasteiger partial charge in [-0.25, -0.2) is 0 Å². The Labute approximate surface area is 112 Å². The van der Waals surface area contributed by atoms with Crippen molar-refractivity contribution in [3.05, 3.63) is 60.7 Å². The van der Waals surface area contributed by atoms with Crippen molar-refractivity contribution in [1.29, 1.82) is 0 Å². The molecule has 0 aliphatic heterocycles. The van der Waals surface area contributed by atoms with Crippen LogP contribution in [0.25, 0.3) is 0 Å². The van der Waals surface area contributed by atoms with E-state index in [4.69, 9.17) is 0 Å². The van der Waals surface area contributed by atoms with Crippen molar-refractivity contribution in [2.75, 3.05) is 10.6 Å². The van der Waals surface area contributed by atoms with Crippen molar-refractivity contribution in [3.8, 4) is 0 Å². The van der Waals surface area contributed by atoms with Crippen LogP contribution in [-0.2, 0) is 0 Å². The fourth-order valence-corrected chi connectivity index (χ4v) is 5.20. The minimum Gasteiger partial charge on any atom is -0.0860 e. The Bertz CT molecular complexity index is 374. The van der Waals surface area contributed by atoms with Crippen LogP contribution >= 0.6 is 30.5 Å². The minimum absolute atomic E-state index is 0.158. The third-order valence-corrected chi connectivity index (χ3v) is 6.35. The normalized spacial score (nSPS) is 10.6. The molecule has 0 saturated heterocycles. The zero-order valence-electron chi connectivity index (χ0n) is 9.01. The molecule has 0 aliphatic carbocycles. The lowest BCUT2D eigenvalue weighted by atomic mass is 10.4. The Morgan fingerprint density at radius 1 is 0.750 bits per heavy atom. The van der Waals surface area contributed by atoms with Gasteiger partial charge in [-0.05, 0) is 24.7 Å².